The SMILES string of the molecule is CC(C)C[C@H](NC(=O)C(C)(C)c1ccc(N)cc1)C(=O)O. The van der Waals surface area contributed by atoms with Gasteiger partial charge >= 0.3 is 5.97 Å². The van der Waals surface area contributed by atoms with Gasteiger partial charge in [-0.15, -0.1) is 0 Å². The van der Waals surface area contributed by atoms with Crippen molar-refractivity contribution in [3.63, 3.8) is 0 Å². The van der Waals surface area contributed by atoms with Gasteiger partial charge in [0.1, 0.15) is 6.04 Å². The highest BCUT2D eigenvalue weighted by atomic mass is 16.4. The molecule has 116 valence electrons. The molecular weight excluding hydrogens is 268 g/mol. The van der Waals surface area contributed by atoms with Crippen LogP contribution in [0.25, 0.3) is 0 Å². The lowest BCUT2D eigenvalue weighted by Gasteiger charge is -2.27. The number of hydrogen-bond acceptors (Lipinski definition) is 3. The van der Waals surface area contributed by atoms with E-state index in [1.165, 1.54) is 0 Å². The van der Waals surface area contributed by atoms with Crippen LogP contribution in [0, 0.1) is 5.92 Å². The number of carbonyl (C=O) groups excluding carboxylic acids is 1. The standard InChI is InChI=1S/C16H24N2O3/c1-10(2)9-13(14(19)20)18-15(21)16(3,4)11-5-7-12(17)8-6-11/h5-8,10,13H,9,17H2,1-4H3,(H,18,21)(H,19,20)/t13-/m0/s1. The van der Waals surface area contributed by atoms with Crippen molar-refractivity contribution in [2.45, 2.75) is 45.6 Å². The molecule has 4 N–H and O–H groups in total. The zero-order chi connectivity index (χ0) is 16.2. The molecule has 0 fully saturated rings. The first-order valence-electron chi connectivity index (χ1n) is 7.04. The Morgan fingerprint density at radius 3 is 2.19 bits per heavy atom. The Labute approximate surface area is 125 Å². The highest BCUT2D eigenvalue weighted by Crippen LogP contribution is 2.24. The van der Waals surface area contributed by atoms with E-state index in [1.807, 2.05) is 13.8 Å². The summed E-state index contributed by atoms with van der Waals surface area (Å²) in [6.45, 7) is 7.38. The van der Waals surface area contributed by atoms with Gasteiger partial charge in [-0.1, -0.05) is 26.0 Å². The van der Waals surface area contributed by atoms with Crippen LogP contribution in [0.15, 0.2) is 24.3 Å². The van der Waals surface area contributed by atoms with Crippen molar-refractivity contribution < 1.29 is 14.7 Å². The Kier molecular flexibility index (Phi) is 5.35. The van der Waals surface area contributed by atoms with Gasteiger partial charge in [0.25, 0.3) is 0 Å². The Morgan fingerprint density at radius 2 is 1.76 bits per heavy atom. The number of benzene rings is 1. The van der Waals surface area contributed by atoms with Gasteiger partial charge in [-0.05, 0) is 43.9 Å². The number of carboxylic acid groups (broad SMARTS) is 1. The second kappa shape index (κ2) is 6.61. The van der Waals surface area contributed by atoms with Crippen LogP contribution in [0.5, 0.6) is 0 Å². The summed E-state index contributed by atoms with van der Waals surface area (Å²) in [5.41, 5.74) is 6.24. The average Bonchev–Trinajstić information content (AvgIpc) is 2.37. The topological polar surface area (TPSA) is 92.4 Å². The lowest BCUT2D eigenvalue weighted by atomic mass is 9.83. The van der Waals surface area contributed by atoms with Crippen molar-refractivity contribution in [3.05, 3.63) is 29.8 Å². The van der Waals surface area contributed by atoms with Crippen LogP contribution >= 0.6 is 0 Å². The Bertz CT molecular complexity index is 507. The number of rotatable bonds is 6. The summed E-state index contributed by atoms with van der Waals surface area (Å²) in [5, 5.41) is 11.8. The fourth-order valence-electron chi connectivity index (χ4n) is 2.06. The van der Waals surface area contributed by atoms with Crippen LogP contribution in [0.2, 0.25) is 0 Å². The molecule has 0 heterocycles. The smallest absolute Gasteiger partial charge is 0.326 e. The normalized spacial score (nSPS) is 13.0. The number of amides is 1. The highest BCUT2D eigenvalue weighted by Gasteiger charge is 2.33. The molecule has 0 spiro atoms. The van der Waals surface area contributed by atoms with Gasteiger partial charge in [0.15, 0.2) is 0 Å². The first kappa shape index (κ1) is 17.0. The molecule has 0 aliphatic carbocycles. The molecule has 0 saturated carbocycles. The number of carboxylic acids is 1. The minimum Gasteiger partial charge on any atom is -0.480 e. The molecule has 0 aliphatic rings. The zero-order valence-electron chi connectivity index (χ0n) is 13.0. The summed E-state index contributed by atoms with van der Waals surface area (Å²) in [5.74, 6) is -1.13. The van der Waals surface area contributed by atoms with Gasteiger partial charge in [-0.25, -0.2) is 4.79 Å². The quantitative estimate of drug-likeness (QED) is 0.700. The van der Waals surface area contributed by atoms with Gasteiger partial charge in [0.2, 0.25) is 5.91 Å². The largest absolute Gasteiger partial charge is 0.480 e. The van der Waals surface area contributed by atoms with Gasteiger partial charge in [-0.2, -0.15) is 0 Å². The summed E-state index contributed by atoms with van der Waals surface area (Å²) in [6.07, 6.45) is 0.402. The van der Waals surface area contributed by atoms with Gasteiger partial charge in [-0.3, -0.25) is 4.79 Å². The lowest BCUT2D eigenvalue weighted by molar-refractivity contribution is -0.143. The van der Waals surface area contributed by atoms with Crippen molar-refractivity contribution in [1.82, 2.24) is 5.32 Å². The molecule has 5 nitrogen and oxygen atoms in total. The minimum absolute atomic E-state index is 0.186. The number of aliphatic carboxylic acids is 1. The molecule has 1 atom stereocenters. The maximum absolute atomic E-state index is 12.4. The van der Waals surface area contributed by atoms with Crippen LogP contribution < -0.4 is 11.1 Å². The first-order chi connectivity index (χ1) is 9.64. The summed E-state index contributed by atoms with van der Waals surface area (Å²) >= 11 is 0. The van der Waals surface area contributed by atoms with E-state index < -0.39 is 17.4 Å². The predicted molar refractivity (Wildman–Crippen MR) is 82.9 cm³/mol. The molecule has 5 heteroatoms. The van der Waals surface area contributed by atoms with E-state index in [2.05, 4.69) is 5.32 Å². The monoisotopic (exact) mass is 292 g/mol. The molecule has 0 unspecified atom stereocenters. The fraction of sp³-hybridized carbons (Fsp3) is 0.500. The molecule has 1 rings (SSSR count). The molecular formula is C16H24N2O3. The van der Waals surface area contributed by atoms with Crippen LogP contribution in [0.3, 0.4) is 0 Å². The zero-order valence-corrected chi connectivity index (χ0v) is 13.0. The van der Waals surface area contributed by atoms with Crippen LogP contribution in [0.4, 0.5) is 5.69 Å². The molecule has 0 saturated heterocycles. The van der Waals surface area contributed by atoms with E-state index in [0.717, 1.165) is 5.56 Å². The van der Waals surface area contributed by atoms with Crippen molar-refractivity contribution in [2.24, 2.45) is 5.92 Å². The van der Waals surface area contributed by atoms with Crippen LogP contribution in [-0.2, 0) is 15.0 Å². The van der Waals surface area contributed by atoms with Crippen LogP contribution in [0.1, 0.15) is 39.7 Å². The van der Waals surface area contributed by atoms with E-state index in [-0.39, 0.29) is 11.8 Å². The summed E-state index contributed by atoms with van der Waals surface area (Å²) in [6, 6.07) is 6.16. The molecule has 1 amide bonds. The third-order valence-corrected chi connectivity index (χ3v) is 3.51. The second-order valence-electron chi connectivity index (χ2n) is 6.24. The Hall–Kier alpha value is -2.04. The molecule has 0 aromatic heterocycles. The number of carbonyl (C=O) groups is 2. The highest BCUT2D eigenvalue weighted by molar-refractivity contribution is 5.90. The lowest BCUT2D eigenvalue weighted by Crippen LogP contribution is -2.48. The van der Waals surface area contributed by atoms with Gasteiger partial charge in [0, 0.05) is 5.69 Å². The van der Waals surface area contributed by atoms with Crippen LogP contribution in [-0.4, -0.2) is 23.0 Å². The van der Waals surface area contributed by atoms with E-state index in [4.69, 9.17) is 5.73 Å². The molecule has 1 aromatic rings. The van der Waals surface area contributed by atoms with E-state index in [9.17, 15) is 14.7 Å². The summed E-state index contributed by atoms with van der Waals surface area (Å²) in [7, 11) is 0. The van der Waals surface area contributed by atoms with Crippen molar-refractivity contribution in [2.75, 3.05) is 5.73 Å². The number of hydrogen-bond donors (Lipinski definition) is 3. The predicted octanol–water partition coefficient (Wildman–Crippen LogP) is 2.16. The fourth-order valence-corrected chi connectivity index (χ4v) is 2.06. The van der Waals surface area contributed by atoms with E-state index >= 15 is 0 Å². The minimum atomic E-state index is -1.01. The third-order valence-electron chi connectivity index (χ3n) is 3.51. The van der Waals surface area contributed by atoms with Crippen molar-refractivity contribution >= 4 is 17.6 Å². The molecule has 0 bridgehead atoms. The Morgan fingerprint density at radius 1 is 1.24 bits per heavy atom. The average molecular weight is 292 g/mol. The first-order valence-corrected chi connectivity index (χ1v) is 7.04. The molecule has 0 radical (unpaired) electrons. The van der Waals surface area contributed by atoms with E-state index in [0.29, 0.717) is 12.1 Å². The van der Waals surface area contributed by atoms with Crippen molar-refractivity contribution in [3.8, 4) is 0 Å². The maximum Gasteiger partial charge on any atom is 0.326 e. The summed E-state index contributed by atoms with van der Waals surface area (Å²) < 4.78 is 0. The number of nitrogens with two attached hydrogens (primary N) is 1. The molecule has 21 heavy (non-hydrogen) atoms. The van der Waals surface area contributed by atoms with E-state index in [1.54, 1.807) is 38.1 Å². The third kappa shape index (κ3) is 4.48. The van der Waals surface area contributed by atoms with Crippen molar-refractivity contribution in [1.29, 1.82) is 0 Å². The number of nitrogen functional groups attached to an aromatic ring is 1. The van der Waals surface area contributed by atoms with Gasteiger partial charge < -0.3 is 16.2 Å². The second-order valence-corrected chi connectivity index (χ2v) is 6.24. The summed E-state index contributed by atoms with van der Waals surface area (Å²) in [4.78, 5) is 23.7. The number of anilines is 1. The van der Waals surface area contributed by atoms with Gasteiger partial charge in [0.05, 0.1) is 5.41 Å². The number of nitrogens with one attached hydrogen (secondary N) is 1. The molecule has 1 aromatic carbocycles. The maximum atomic E-state index is 12.4. The molecule has 0 aliphatic heterocycles. The Balaban J connectivity index is 2.89.